The van der Waals surface area contributed by atoms with Crippen LogP contribution in [0.4, 0.5) is 10.5 Å². The third-order valence-electron chi connectivity index (χ3n) is 4.28. The molecule has 2 N–H and O–H groups in total. The van der Waals surface area contributed by atoms with Crippen molar-refractivity contribution in [3.8, 4) is 0 Å². The normalized spacial score (nSPS) is 19.3. The van der Waals surface area contributed by atoms with E-state index in [1.165, 1.54) is 4.90 Å². The summed E-state index contributed by atoms with van der Waals surface area (Å²) in [6.45, 7) is -0.101. The van der Waals surface area contributed by atoms with Gasteiger partial charge < -0.3 is 15.3 Å². The molecule has 1 aliphatic heterocycles. The van der Waals surface area contributed by atoms with Gasteiger partial charge in [-0.15, -0.1) is 0 Å². The standard InChI is InChI=1S/C17H20N2O4S/c20-10-9-19(14-8-11-24(22,23)12-14)17(21)18-16-7-3-5-13-4-1-2-6-15(13)16/h1-7,14,20H,8-12H2,(H,18,21)/t14-/m0/s1. The van der Waals surface area contributed by atoms with Gasteiger partial charge in [0.2, 0.25) is 0 Å². The minimum Gasteiger partial charge on any atom is -0.395 e. The van der Waals surface area contributed by atoms with E-state index in [1.807, 2.05) is 42.5 Å². The van der Waals surface area contributed by atoms with Crippen molar-refractivity contribution in [2.24, 2.45) is 0 Å². The van der Waals surface area contributed by atoms with Crippen LogP contribution in [0, 0.1) is 0 Å². The molecule has 1 atom stereocenters. The SMILES string of the molecule is O=C(Nc1cccc2ccccc12)N(CCO)[C@H]1CCS(=O)(=O)C1. The highest BCUT2D eigenvalue weighted by molar-refractivity contribution is 7.91. The van der Waals surface area contributed by atoms with Gasteiger partial charge in [-0.05, 0) is 17.9 Å². The number of nitrogens with zero attached hydrogens (tertiary/aromatic N) is 1. The molecule has 0 radical (unpaired) electrons. The van der Waals surface area contributed by atoms with Gasteiger partial charge in [-0.3, -0.25) is 0 Å². The van der Waals surface area contributed by atoms with Crippen molar-refractivity contribution >= 4 is 32.3 Å². The van der Waals surface area contributed by atoms with E-state index >= 15 is 0 Å². The average Bonchev–Trinajstić information content (AvgIpc) is 2.92. The summed E-state index contributed by atoms with van der Waals surface area (Å²) in [5.74, 6) is 0.0388. The molecule has 0 aromatic heterocycles. The van der Waals surface area contributed by atoms with E-state index in [-0.39, 0.29) is 30.7 Å². The molecule has 2 aromatic rings. The highest BCUT2D eigenvalue weighted by Crippen LogP contribution is 2.24. The number of carbonyl (C=O) groups excluding carboxylic acids is 1. The van der Waals surface area contributed by atoms with Gasteiger partial charge in [0, 0.05) is 18.0 Å². The summed E-state index contributed by atoms with van der Waals surface area (Å²) in [4.78, 5) is 14.1. The molecule has 24 heavy (non-hydrogen) atoms. The number of rotatable bonds is 4. The Kier molecular flexibility index (Phi) is 4.73. The van der Waals surface area contributed by atoms with Crippen LogP contribution in [0.15, 0.2) is 42.5 Å². The molecular weight excluding hydrogens is 328 g/mol. The van der Waals surface area contributed by atoms with Crippen LogP contribution in [-0.4, -0.2) is 55.2 Å². The molecule has 7 heteroatoms. The molecule has 0 bridgehead atoms. The van der Waals surface area contributed by atoms with Gasteiger partial charge in [-0.25, -0.2) is 13.2 Å². The zero-order valence-corrected chi connectivity index (χ0v) is 14.0. The minimum absolute atomic E-state index is 0.0457. The topological polar surface area (TPSA) is 86.7 Å². The summed E-state index contributed by atoms with van der Waals surface area (Å²) < 4.78 is 23.4. The number of amides is 2. The number of nitrogens with one attached hydrogen (secondary N) is 1. The Bertz CT molecular complexity index is 845. The van der Waals surface area contributed by atoms with Crippen molar-refractivity contribution in [2.45, 2.75) is 12.5 Å². The predicted molar refractivity (Wildman–Crippen MR) is 93.8 cm³/mol. The van der Waals surface area contributed by atoms with E-state index in [0.717, 1.165) is 10.8 Å². The highest BCUT2D eigenvalue weighted by atomic mass is 32.2. The van der Waals surface area contributed by atoms with Crippen molar-refractivity contribution < 1.29 is 18.3 Å². The number of aliphatic hydroxyl groups is 1. The van der Waals surface area contributed by atoms with E-state index in [1.54, 1.807) is 0 Å². The fourth-order valence-electron chi connectivity index (χ4n) is 3.10. The van der Waals surface area contributed by atoms with Crippen molar-refractivity contribution in [2.75, 3.05) is 30.0 Å². The summed E-state index contributed by atoms with van der Waals surface area (Å²) in [5.41, 5.74) is 0.668. The number of hydrogen-bond donors (Lipinski definition) is 2. The Morgan fingerprint density at radius 3 is 2.67 bits per heavy atom. The van der Waals surface area contributed by atoms with Crippen LogP contribution in [0.3, 0.4) is 0 Å². The number of benzene rings is 2. The first-order valence-electron chi connectivity index (χ1n) is 7.87. The van der Waals surface area contributed by atoms with E-state index in [2.05, 4.69) is 5.32 Å². The summed E-state index contributed by atoms with van der Waals surface area (Å²) in [5, 5.41) is 14.0. The Balaban J connectivity index is 1.83. The van der Waals surface area contributed by atoms with Gasteiger partial charge in [0.05, 0.1) is 23.8 Å². The molecule has 1 fully saturated rings. The molecule has 1 aliphatic rings. The second kappa shape index (κ2) is 6.78. The second-order valence-corrected chi connectivity index (χ2v) is 8.16. The molecule has 0 spiro atoms. The van der Waals surface area contributed by atoms with Crippen LogP contribution in [0.5, 0.6) is 0 Å². The largest absolute Gasteiger partial charge is 0.395 e. The maximum Gasteiger partial charge on any atom is 0.322 e. The fraction of sp³-hybridized carbons (Fsp3) is 0.353. The molecule has 0 saturated carbocycles. The van der Waals surface area contributed by atoms with Gasteiger partial charge in [-0.1, -0.05) is 36.4 Å². The molecular formula is C17H20N2O4S. The quantitative estimate of drug-likeness (QED) is 0.883. The molecule has 1 heterocycles. The first kappa shape index (κ1) is 16.7. The van der Waals surface area contributed by atoms with Gasteiger partial charge in [0.15, 0.2) is 9.84 Å². The van der Waals surface area contributed by atoms with Gasteiger partial charge >= 0.3 is 6.03 Å². The zero-order valence-electron chi connectivity index (χ0n) is 13.2. The number of urea groups is 1. The van der Waals surface area contributed by atoms with E-state index in [0.29, 0.717) is 12.1 Å². The molecule has 6 nitrogen and oxygen atoms in total. The number of hydrogen-bond acceptors (Lipinski definition) is 4. The lowest BCUT2D eigenvalue weighted by Crippen LogP contribution is -2.45. The van der Waals surface area contributed by atoms with Crippen LogP contribution in [-0.2, 0) is 9.84 Å². The third-order valence-corrected chi connectivity index (χ3v) is 6.03. The van der Waals surface area contributed by atoms with Gasteiger partial charge in [0.1, 0.15) is 0 Å². The Labute approximate surface area is 141 Å². The van der Waals surface area contributed by atoms with Crippen LogP contribution in [0.1, 0.15) is 6.42 Å². The van der Waals surface area contributed by atoms with Crippen molar-refractivity contribution in [1.82, 2.24) is 4.90 Å². The van der Waals surface area contributed by atoms with E-state index in [4.69, 9.17) is 0 Å². The molecule has 2 amide bonds. The summed E-state index contributed by atoms with van der Waals surface area (Å²) in [7, 11) is -3.10. The highest BCUT2D eigenvalue weighted by Gasteiger charge is 2.34. The smallest absolute Gasteiger partial charge is 0.322 e. The molecule has 3 rings (SSSR count). The number of anilines is 1. The number of sulfone groups is 1. The lowest BCUT2D eigenvalue weighted by atomic mass is 10.1. The summed E-state index contributed by atoms with van der Waals surface area (Å²) in [6.07, 6.45) is 0.408. The minimum atomic E-state index is -3.10. The third kappa shape index (κ3) is 3.52. The molecule has 128 valence electrons. The lowest BCUT2D eigenvalue weighted by Gasteiger charge is -2.28. The van der Waals surface area contributed by atoms with Gasteiger partial charge in [-0.2, -0.15) is 0 Å². The summed E-state index contributed by atoms with van der Waals surface area (Å²) >= 11 is 0. The average molecular weight is 348 g/mol. The van der Waals surface area contributed by atoms with Crippen LogP contribution >= 0.6 is 0 Å². The number of carbonyl (C=O) groups is 1. The van der Waals surface area contributed by atoms with Crippen LogP contribution in [0.25, 0.3) is 10.8 Å². The number of fused-ring (bicyclic) bond motifs is 1. The number of aliphatic hydroxyl groups excluding tert-OH is 1. The van der Waals surface area contributed by atoms with Crippen molar-refractivity contribution in [3.05, 3.63) is 42.5 Å². The summed E-state index contributed by atoms with van der Waals surface area (Å²) in [6, 6.07) is 12.5. The van der Waals surface area contributed by atoms with Crippen LogP contribution < -0.4 is 5.32 Å². The molecule has 0 aliphatic carbocycles. The molecule has 1 saturated heterocycles. The first-order chi connectivity index (χ1) is 11.5. The molecule has 2 aromatic carbocycles. The lowest BCUT2D eigenvalue weighted by molar-refractivity contribution is 0.169. The van der Waals surface area contributed by atoms with E-state index in [9.17, 15) is 18.3 Å². The van der Waals surface area contributed by atoms with Crippen molar-refractivity contribution in [1.29, 1.82) is 0 Å². The predicted octanol–water partition coefficient (Wildman–Crippen LogP) is 1.85. The fourth-order valence-corrected chi connectivity index (χ4v) is 4.83. The maximum atomic E-state index is 12.7. The maximum absolute atomic E-state index is 12.7. The Morgan fingerprint density at radius 1 is 1.21 bits per heavy atom. The monoisotopic (exact) mass is 348 g/mol. The first-order valence-corrected chi connectivity index (χ1v) is 9.69. The Hall–Kier alpha value is -2.12. The zero-order chi connectivity index (χ0) is 17.2. The van der Waals surface area contributed by atoms with E-state index < -0.39 is 15.9 Å². The Morgan fingerprint density at radius 2 is 1.96 bits per heavy atom. The van der Waals surface area contributed by atoms with Crippen LogP contribution in [0.2, 0.25) is 0 Å². The van der Waals surface area contributed by atoms with Gasteiger partial charge in [0.25, 0.3) is 0 Å². The molecule has 0 unspecified atom stereocenters. The second-order valence-electron chi connectivity index (χ2n) is 5.93. The van der Waals surface area contributed by atoms with Crippen molar-refractivity contribution in [3.63, 3.8) is 0 Å².